The van der Waals surface area contributed by atoms with Crippen molar-refractivity contribution in [3.63, 3.8) is 0 Å². The maximum atomic E-state index is 12.1. The topological polar surface area (TPSA) is 89.5 Å². The minimum absolute atomic E-state index is 0.121. The maximum absolute atomic E-state index is 12.1. The molecule has 1 N–H and O–H groups in total. The molecule has 1 aromatic carbocycles. The van der Waals surface area contributed by atoms with Crippen LogP contribution in [0.5, 0.6) is 5.75 Å². The average Bonchev–Trinajstić information content (AvgIpc) is 2.36. The predicted octanol–water partition coefficient (Wildman–Crippen LogP) is 1.01. The number of halogens is 3. The summed E-state index contributed by atoms with van der Waals surface area (Å²) in [5, 5.41) is 0. The molecule has 0 aromatic heterocycles. The number of hydrogen-bond donors (Lipinski definition) is 1. The summed E-state index contributed by atoms with van der Waals surface area (Å²) in [6, 6.07) is 4.61. The van der Waals surface area contributed by atoms with Crippen LogP contribution in [0.3, 0.4) is 0 Å². The summed E-state index contributed by atoms with van der Waals surface area (Å²) in [5.74, 6) is -0.711. The molecule has 1 rings (SSSR count). The fourth-order valence-corrected chi connectivity index (χ4v) is 2.41. The lowest BCUT2D eigenvalue weighted by Crippen LogP contribution is -2.28. The summed E-state index contributed by atoms with van der Waals surface area (Å²) >= 11 is 0. The van der Waals surface area contributed by atoms with Gasteiger partial charge in [-0.25, -0.2) is 13.1 Å². The highest BCUT2D eigenvalue weighted by molar-refractivity contribution is 7.89. The molecule has 0 radical (unpaired) electrons. The largest absolute Gasteiger partial charge is 0.534 e. The Morgan fingerprint density at radius 3 is 2.05 bits per heavy atom. The first-order chi connectivity index (χ1) is 9.47. The molecular formula is C10H12F3NO5S2. The Morgan fingerprint density at radius 2 is 1.62 bits per heavy atom. The highest BCUT2D eigenvalue weighted by Crippen LogP contribution is 2.27. The quantitative estimate of drug-likeness (QED) is 0.613. The second kappa shape index (κ2) is 6.20. The number of hydrogen-bond acceptors (Lipinski definition) is 5. The molecular weight excluding hydrogens is 335 g/mol. The van der Waals surface area contributed by atoms with E-state index in [0.29, 0.717) is 5.56 Å². The van der Waals surface area contributed by atoms with Gasteiger partial charge in [0.15, 0.2) is 0 Å². The second-order valence-electron chi connectivity index (χ2n) is 3.90. The van der Waals surface area contributed by atoms with E-state index >= 15 is 0 Å². The number of alkyl halides is 3. The molecule has 0 bridgehead atoms. The van der Waals surface area contributed by atoms with Crippen LogP contribution in [0.25, 0.3) is 0 Å². The van der Waals surface area contributed by atoms with Crippen molar-refractivity contribution in [2.24, 2.45) is 0 Å². The van der Waals surface area contributed by atoms with Crippen LogP contribution in [0.2, 0.25) is 0 Å². The monoisotopic (exact) mass is 347 g/mol. The van der Waals surface area contributed by atoms with E-state index in [9.17, 15) is 30.0 Å². The zero-order valence-corrected chi connectivity index (χ0v) is 12.3. The number of benzene rings is 1. The summed E-state index contributed by atoms with van der Waals surface area (Å²) < 4.78 is 86.3. The SMILES string of the molecule is CNS(=O)(=O)CCc1ccc(OS(=O)(=O)C(F)(F)F)cc1. The van der Waals surface area contributed by atoms with Crippen LogP contribution in [0.15, 0.2) is 24.3 Å². The Bertz CT molecular complexity index is 680. The van der Waals surface area contributed by atoms with Gasteiger partial charge in [-0.2, -0.15) is 21.6 Å². The first-order valence-corrected chi connectivity index (χ1v) is 8.54. The first kappa shape index (κ1) is 17.7. The van der Waals surface area contributed by atoms with Crippen molar-refractivity contribution in [1.82, 2.24) is 4.72 Å². The molecule has 0 atom stereocenters. The third-order valence-electron chi connectivity index (χ3n) is 2.38. The average molecular weight is 347 g/mol. The molecule has 21 heavy (non-hydrogen) atoms. The van der Waals surface area contributed by atoms with Gasteiger partial charge in [0.1, 0.15) is 5.75 Å². The molecule has 0 amide bonds. The van der Waals surface area contributed by atoms with Gasteiger partial charge in [0.2, 0.25) is 10.0 Å². The standard InChI is InChI=1S/C10H12F3NO5S2/c1-14-20(15,16)7-6-8-2-4-9(5-3-8)19-21(17,18)10(11,12)13/h2-5,14H,6-7H2,1H3. The van der Waals surface area contributed by atoms with Gasteiger partial charge in [-0.15, -0.1) is 0 Å². The van der Waals surface area contributed by atoms with Gasteiger partial charge in [0.25, 0.3) is 0 Å². The first-order valence-electron chi connectivity index (χ1n) is 5.48. The summed E-state index contributed by atoms with van der Waals surface area (Å²) in [4.78, 5) is 0. The van der Waals surface area contributed by atoms with Crippen molar-refractivity contribution in [2.75, 3.05) is 12.8 Å². The molecule has 0 aliphatic carbocycles. The lowest BCUT2D eigenvalue weighted by atomic mass is 10.2. The molecule has 6 nitrogen and oxygen atoms in total. The van der Waals surface area contributed by atoms with Crippen LogP contribution in [0, 0.1) is 0 Å². The van der Waals surface area contributed by atoms with Crippen molar-refractivity contribution >= 4 is 20.1 Å². The van der Waals surface area contributed by atoms with Crippen LogP contribution in [-0.2, 0) is 26.6 Å². The van der Waals surface area contributed by atoms with E-state index in [2.05, 4.69) is 8.91 Å². The number of nitrogens with one attached hydrogen (secondary N) is 1. The van der Waals surface area contributed by atoms with Gasteiger partial charge in [0.05, 0.1) is 5.75 Å². The smallest absolute Gasteiger partial charge is 0.376 e. The van der Waals surface area contributed by atoms with Crippen molar-refractivity contribution in [1.29, 1.82) is 0 Å². The molecule has 0 saturated carbocycles. The molecule has 0 spiro atoms. The Hall–Kier alpha value is -1.33. The fraction of sp³-hybridized carbons (Fsp3) is 0.400. The molecule has 0 aliphatic rings. The van der Waals surface area contributed by atoms with Crippen LogP contribution >= 0.6 is 0 Å². The van der Waals surface area contributed by atoms with Gasteiger partial charge >= 0.3 is 15.6 Å². The van der Waals surface area contributed by atoms with E-state index in [1.165, 1.54) is 19.2 Å². The summed E-state index contributed by atoms with van der Waals surface area (Å²) in [6.45, 7) is 0. The van der Waals surface area contributed by atoms with E-state index in [1.807, 2.05) is 0 Å². The Morgan fingerprint density at radius 1 is 1.10 bits per heavy atom. The van der Waals surface area contributed by atoms with Crippen molar-refractivity contribution < 1.29 is 34.2 Å². The van der Waals surface area contributed by atoms with Crippen molar-refractivity contribution in [3.8, 4) is 5.75 Å². The molecule has 1 aromatic rings. The van der Waals surface area contributed by atoms with E-state index in [1.54, 1.807) is 0 Å². The Balaban J connectivity index is 2.76. The van der Waals surface area contributed by atoms with E-state index < -0.39 is 31.4 Å². The summed E-state index contributed by atoms with van der Waals surface area (Å²) in [5.41, 5.74) is -5.00. The Kier molecular flexibility index (Phi) is 5.23. The molecule has 0 fully saturated rings. The number of rotatable bonds is 6. The fourth-order valence-electron chi connectivity index (χ4n) is 1.24. The van der Waals surface area contributed by atoms with Crippen LogP contribution < -0.4 is 8.91 Å². The van der Waals surface area contributed by atoms with Gasteiger partial charge < -0.3 is 4.18 Å². The highest BCUT2D eigenvalue weighted by Gasteiger charge is 2.48. The molecule has 0 unspecified atom stereocenters. The van der Waals surface area contributed by atoms with Gasteiger partial charge in [-0.1, -0.05) is 12.1 Å². The van der Waals surface area contributed by atoms with Gasteiger partial charge in [-0.05, 0) is 31.2 Å². The third kappa shape index (κ3) is 5.17. The molecule has 0 aliphatic heterocycles. The molecule has 0 saturated heterocycles. The summed E-state index contributed by atoms with van der Waals surface area (Å²) in [7, 11) is -7.85. The molecule has 120 valence electrons. The van der Waals surface area contributed by atoms with Crippen molar-refractivity contribution in [3.05, 3.63) is 29.8 Å². The molecule has 11 heteroatoms. The lowest BCUT2D eigenvalue weighted by Gasteiger charge is -2.09. The van der Waals surface area contributed by atoms with Crippen LogP contribution in [0.1, 0.15) is 5.56 Å². The van der Waals surface area contributed by atoms with Crippen LogP contribution in [0.4, 0.5) is 13.2 Å². The third-order valence-corrected chi connectivity index (χ3v) is 4.73. The Labute approximate surface area is 120 Å². The highest BCUT2D eigenvalue weighted by atomic mass is 32.2. The minimum Gasteiger partial charge on any atom is -0.376 e. The number of sulfonamides is 1. The van der Waals surface area contributed by atoms with Crippen molar-refractivity contribution in [2.45, 2.75) is 11.9 Å². The van der Waals surface area contributed by atoms with E-state index in [0.717, 1.165) is 12.1 Å². The van der Waals surface area contributed by atoms with Crippen LogP contribution in [-0.4, -0.2) is 35.1 Å². The van der Waals surface area contributed by atoms with E-state index in [4.69, 9.17) is 0 Å². The zero-order valence-electron chi connectivity index (χ0n) is 10.7. The summed E-state index contributed by atoms with van der Waals surface area (Å²) in [6.07, 6.45) is 0.121. The molecule has 0 heterocycles. The normalized spacial score (nSPS) is 13.1. The maximum Gasteiger partial charge on any atom is 0.534 e. The predicted molar refractivity (Wildman–Crippen MR) is 68.6 cm³/mol. The van der Waals surface area contributed by atoms with Gasteiger partial charge in [0, 0.05) is 0 Å². The number of aryl methyl sites for hydroxylation is 1. The van der Waals surface area contributed by atoms with E-state index in [-0.39, 0.29) is 12.2 Å². The zero-order chi connectivity index (χ0) is 16.3. The second-order valence-corrected chi connectivity index (χ2v) is 7.48. The van der Waals surface area contributed by atoms with Gasteiger partial charge in [-0.3, -0.25) is 0 Å². The minimum atomic E-state index is -5.71. The lowest BCUT2D eigenvalue weighted by molar-refractivity contribution is -0.0500.